The third-order valence-electron chi connectivity index (χ3n) is 5.15. The number of nitrogens with one attached hydrogen (secondary N) is 1. The summed E-state index contributed by atoms with van der Waals surface area (Å²) in [5, 5.41) is 2.94. The number of amides is 3. The Labute approximate surface area is 134 Å². The fraction of sp³-hybridized carbons (Fsp3) is 0.529. The Hall–Kier alpha value is -2.24. The van der Waals surface area contributed by atoms with E-state index in [0.29, 0.717) is 17.4 Å². The minimum Gasteiger partial charge on any atom is -0.454 e. The molecule has 1 N–H and O–H groups in total. The van der Waals surface area contributed by atoms with Gasteiger partial charge in [-0.3, -0.25) is 9.69 Å². The van der Waals surface area contributed by atoms with Gasteiger partial charge in [0.2, 0.25) is 6.79 Å². The second-order valence-electron chi connectivity index (χ2n) is 6.77. The van der Waals surface area contributed by atoms with E-state index < -0.39 is 5.54 Å². The van der Waals surface area contributed by atoms with E-state index >= 15 is 0 Å². The van der Waals surface area contributed by atoms with Gasteiger partial charge >= 0.3 is 6.03 Å². The van der Waals surface area contributed by atoms with Gasteiger partial charge in [-0.05, 0) is 49.3 Å². The molecule has 1 aromatic carbocycles. The van der Waals surface area contributed by atoms with Crippen LogP contribution in [0.5, 0.6) is 11.5 Å². The van der Waals surface area contributed by atoms with Gasteiger partial charge in [-0.1, -0.05) is 13.0 Å². The number of benzene rings is 1. The molecule has 1 saturated carbocycles. The molecule has 0 atom stereocenters. The standard InChI is InChI=1S/C17H20N2O4/c1-11-4-6-17(7-5-11)15(20)19(16(21)18-17)9-12-2-3-13-14(8-12)23-10-22-13/h2-3,8,11H,4-7,9-10H2,1H3,(H,18,21). The summed E-state index contributed by atoms with van der Waals surface area (Å²) in [6.45, 7) is 2.67. The first-order valence-corrected chi connectivity index (χ1v) is 8.10. The number of ether oxygens (including phenoxy) is 2. The van der Waals surface area contributed by atoms with Gasteiger partial charge in [-0.2, -0.15) is 0 Å². The lowest BCUT2D eigenvalue weighted by Crippen LogP contribution is -2.49. The molecule has 0 unspecified atom stereocenters. The Morgan fingerprint density at radius 1 is 1.22 bits per heavy atom. The number of fused-ring (bicyclic) bond motifs is 1. The average Bonchev–Trinajstić information content (AvgIpc) is 3.09. The summed E-state index contributed by atoms with van der Waals surface area (Å²) >= 11 is 0. The maximum atomic E-state index is 12.8. The molecule has 1 spiro atoms. The van der Waals surface area contributed by atoms with Crippen molar-refractivity contribution in [3.05, 3.63) is 23.8 Å². The smallest absolute Gasteiger partial charge is 0.325 e. The lowest BCUT2D eigenvalue weighted by Gasteiger charge is -2.33. The molecule has 3 aliphatic rings. The zero-order valence-corrected chi connectivity index (χ0v) is 13.1. The number of carbonyl (C=O) groups excluding carboxylic acids is 2. The lowest BCUT2D eigenvalue weighted by molar-refractivity contribution is -0.133. The Balaban J connectivity index is 1.53. The van der Waals surface area contributed by atoms with Crippen LogP contribution in [0.2, 0.25) is 0 Å². The Morgan fingerprint density at radius 3 is 2.74 bits per heavy atom. The average molecular weight is 316 g/mol. The molecular formula is C17H20N2O4. The molecule has 0 bridgehead atoms. The van der Waals surface area contributed by atoms with Crippen molar-refractivity contribution in [3.63, 3.8) is 0 Å². The molecule has 1 aliphatic carbocycles. The van der Waals surface area contributed by atoms with E-state index in [2.05, 4.69) is 12.2 Å². The van der Waals surface area contributed by atoms with Gasteiger partial charge in [0.25, 0.3) is 5.91 Å². The van der Waals surface area contributed by atoms with Crippen LogP contribution < -0.4 is 14.8 Å². The maximum absolute atomic E-state index is 12.8. The number of hydrogen-bond donors (Lipinski definition) is 1. The number of urea groups is 1. The van der Waals surface area contributed by atoms with Gasteiger partial charge in [0, 0.05) is 0 Å². The van der Waals surface area contributed by atoms with E-state index in [1.807, 2.05) is 18.2 Å². The van der Waals surface area contributed by atoms with Gasteiger partial charge in [-0.15, -0.1) is 0 Å². The summed E-state index contributed by atoms with van der Waals surface area (Å²) < 4.78 is 10.6. The molecule has 4 rings (SSSR count). The third-order valence-corrected chi connectivity index (χ3v) is 5.15. The van der Waals surface area contributed by atoms with Crippen LogP contribution in [0.1, 0.15) is 38.2 Å². The molecule has 2 fully saturated rings. The van der Waals surface area contributed by atoms with Crippen molar-refractivity contribution in [1.29, 1.82) is 0 Å². The molecule has 6 heteroatoms. The van der Waals surface area contributed by atoms with Gasteiger partial charge in [0.15, 0.2) is 11.5 Å². The molecule has 0 aromatic heterocycles. The van der Waals surface area contributed by atoms with Crippen molar-refractivity contribution in [2.45, 2.75) is 44.7 Å². The Morgan fingerprint density at radius 2 is 1.96 bits per heavy atom. The predicted octanol–water partition coefficient (Wildman–Crippen LogP) is 2.42. The van der Waals surface area contributed by atoms with E-state index in [-0.39, 0.29) is 25.3 Å². The molecule has 0 radical (unpaired) electrons. The van der Waals surface area contributed by atoms with Crippen molar-refractivity contribution in [3.8, 4) is 11.5 Å². The van der Waals surface area contributed by atoms with Crippen LogP contribution in [0.4, 0.5) is 4.79 Å². The Bertz CT molecular complexity index is 665. The van der Waals surface area contributed by atoms with E-state index in [1.54, 1.807) is 0 Å². The fourth-order valence-corrected chi connectivity index (χ4v) is 3.64. The summed E-state index contributed by atoms with van der Waals surface area (Å²) in [7, 11) is 0. The van der Waals surface area contributed by atoms with E-state index in [9.17, 15) is 9.59 Å². The summed E-state index contributed by atoms with van der Waals surface area (Å²) in [6, 6.07) is 5.22. The van der Waals surface area contributed by atoms with E-state index in [0.717, 1.165) is 31.2 Å². The molecule has 23 heavy (non-hydrogen) atoms. The van der Waals surface area contributed by atoms with Crippen LogP contribution in [0, 0.1) is 5.92 Å². The first-order chi connectivity index (χ1) is 11.1. The largest absolute Gasteiger partial charge is 0.454 e. The van der Waals surface area contributed by atoms with Gasteiger partial charge in [0.05, 0.1) is 6.54 Å². The number of rotatable bonds is 2. The van der Waals surface area contributed by atoms with Gasteiger partial charge in [-0.25, -0.2) is 4.79 Å². The highest BCUT2D eigenvalue weighted by Gasteiger charge is 2.51. The summed E-state index contributed by atoms with van der Waals surface area (Å²) in [5.74, 6) is 1.89. The molecule has 6 nitrogen and oxygen atoms in total. The summed E-state index contributed by atoms with van der Waals surface area (Å²) in [6.07, 6.45) is 3.42. The van der Waals surface area contributed by atoms with Crippen LogP contribution in [-0.4, -0.2) is 29.2 Å². The highest BCUT2D eigenvalue weighted by atomic mass is 16.7. The van der Waals surface area contributed by atoms with Crippen LogP contribution in [-0.2, 0) is 11.3 Å². The highest BCUT2D eigenvalue weighted by molar-refractivity contribution is 6.07. The van der Waals surface area contributed by atoms with Crippen LogP contribution in [0.3, 0.4) is 0 Å². The SMILES string of the molecule is CC1CCC2(CC1)NC(=O)N(Cc1ccc3c(c1)OCO3)C2=O. The highest BCUT2D eigenvalue weighted by Crippen LogP contribution is 2.37. The topological polar surface area (TPSA) is 67.9 Å². The predicted molar refractivity (Wildman–Crippen MR) is 82.0 cm³/mol. The van der Waals surface area contributed by atoms with Gasteiger partial charge in [0.1, 0.15) is 5.54 Å². The minimum absolute atomic E-state index is 0.0907. The van der Waals surface area contributed by atoms with Crippen LogP contribution in [0.25, 0.3) is 0 Å². The maximum Gasteiger partial charge on any atom is 0.325 e. The second-order valence-corrected chi connectivity index (χ2v) is 6.77. The van der Waals surface area contributed by atoms with Crippen LogP contribution >= 0.6 is 0 Å². The van der Waals surface area contributed by atoms with Crippen molar-refractivity contribution >= 4 is 11.9 Å². The number of carbonyl (C=O) groups is 2. The molecule has 122 valence electrons. The monoisotopic (exact) mass is 316 g/mol. The minimum atomic E-state index is -0.681. The second kappa shape index (κ2) is 5.15. The quantitative estimate of drug-likeness (QED) is 0.851. The van der Waals surface area contributed by atoms with Crippen molar-refractivity contribution in [2.75, 3.05) is 6.79 Å². The number of nitrogens with zero attached hydrogens (tertiary/aromatic N) is 1. The summed E-state index contributed by atoms with van der Waals surface area (Å²) in [5.41, 5.74) is 0.180. The van der Waals surface area contributed by atoms with E-state index in [1.165, 1.54) is 4.90 Å². The van der Waals surface area contributed by atoms with E-state index in [4.69, 9.17) is 9.47 Å². The fourth-order valence-electron chi connectivity index (χ4n) is 3.64. The molecule has 2 aliphatic heterocycles. The third kappa shape index (κ3) is 2.33. The first-order valence-electron chi connectivity index (χ1n) is 8.10. The molecule has 1 aromatic rings. The van der Waals surface area contributed by atoms with Crippen molar-refractivity contribution in [2.24, 2.45) is 5.92 Å². The van der Waals surface area contributed by atoms with Crippen molar-refractivity contribution in [1.82, 2.24) is 10.2 Å². The molecular weight excluding hydrogens is 296 g/mol. The van der Waals surface area contributed by atoms with Crippen molar-refractivity contribution < 1.29 is 19.1 Å². The molecule has 2 heterocycles. The zero-order valence-electron chi connectivity index (χ0n) is 13.1. The zero-order chi connectivity index (χ0) is 16.0. The summed E-state index contributed by atoms with van der Waals surface area (Å²) in [4.78, 5) is 26.5. The number of hydrogen-bond acceptors (Lipinski definition) is 4. The van der Waals surface area contributed by atoms with Gasteiger partial charge < -0.3 is 14.8 Å². The molecule has 3 amide bonds. The Kier molecular flexibility index (Phi) is 3.21. The first kappa shape index (κ1) is 14.4. The van der Waals surface area contributed by atoms with Crippen LogP contribution in [0.15, 0.2) is 18.2 Å². The normalized spacial score (nSPS) is 29.3. The number of imide groups is 1. The molecule has 1 saturated heterocycles. The lowest BCUT2D eigenvalue weighted by atomic mass is 9.77.